The van der Waals surface area contributed by atoms with Crippen molar-refractivity contribution >= 4 is 36.6 Å². The van der Waals surface area contributed by atoms with Crippen LogP contribution in [-0.4, -0.2) is 43.0 Å². The molecule has 0 radical (unpaired) electrons. The van der Waals surface area contributed by atoms with Crippen molar-refractivity contribution in [3.63, 3.8) is 0 Å². The van der Waals surface area contributed by atoms with Crippen molar-refractivity contribution in [3.8, 4) is 0 Å². The van der Waals surface area contributed by atoms with Gasteiger partial charge in [0.15, 0.2) is 0 Å². The van der Waals surface area contributed by atoms with Gasteiger partial charge < -0.3 is 16.0 Å². The van der Waals surface area contributed by atoms with Gasteiger partial charge in [-0.05, 0) is 37.4 Å². The van der Waals surface area contributed by atoms with Gasteiger partial charge in [-0.25, -0.2) is 0 Å². The summed E-state index contributed by atoms with van der Waals surface area (Å²) in [4.78, 5) is 28.5. The third-order valence-corrected chi connectivity index (χ3v) is 5.11. The number of hydrogen-bond donors (Lipinski definition) is 3. The normalized spacial score (nSPS) is 24.2. The van der Waals surface area contributed by atoms with Crippen LogP contribution in [0.5, 0.6) is 0 Å². The van der Waals surface area contributed by atoms with E-state index in [0.29, 0.717) is 24.6 Å². The van der Waals surface area contributed by atoms with Crippen LogP contribution in [-0.2, 0) is 4.79 Å². The Kier molecular flexibility index (Phi) is 8.62. The van der Waals surface area contributed by atoms with E-state index in [0.717, 1.165) is 32.4 Å². The van der Waals surface area contributed by atoms with Gasteiger partial charge in [0.2, 0.25) is 5.91 Å². The highest BCUT2D eigenvalue weighted by Crippen LogP contribution is 2.43. The van der Waals surface area contributed by atoms with Gasteiger partial charge in [-0.15, -0.1) is 24.8 Å². The number of aromatic nitrogens is 1. The highest BCUT2D eigenvalue weighted by atomic mass is 35.5. The van der Waals surface area contributed by atoms with Gasteiger partial charge >= 0.3 is 0 Å². The first kappa shape index (κ1) is 21.7. The smallest absolute Gasteiger partial charge is 0.252 e. The fourth-order valence-corrected chi connectivity index (χ4v) is 3.82. The summed E-state index contributed by atoms with van der Waals surface area (Å²) in [5.41, 5.74) is 0.302. The lowest BCUT2D eigenvalue weighted by Gasteiger charge is -2.37. The molecule has 0 spiro atoms. The molecule has 1 aromatic rings. The number of nitrogens with zero attached hydrogens (tertiary/aromatic N) is 1. The van der Waals surface area contributed by atoms with Crippen LogP contribution in [0.1, 0.15) is 36.0 Å². The van der Waals surface area contributed by atoms with Gasteiger partial charge in [0.1, 0.15) is 0 Å². The van der Waals surface area contributed by atoms with E-state index in [9.17, 15) is 9.59 Å². The Balaban J connectivity index is 0.00000156. The Morgan fingerprint density at radius 1 is 1.24 bits per heavy atom. The van der Waals surface area contributed by atoms with Gasteiger partial charge in [-0.3, -0.25) is 14.6 Å². The zero-order chi connectivity index (χ0) is 16.1. The molecule has 2 atom stereocenters. The second-order valence-corrected chi connectivity index (χ2v) is 6.48. The largest absolute Gasteiger partial charge is 0.354 e. The molecular formula is C17H26Cl2N4O2. The summed E-state index contributed by atoms with van der Waals surface area (Å²) < 4.78 is 0. The molecule has 0 aromatic carbocycles. The van der Waals surface area contributed by atoms with Gasteiger partial charge in [-0.2, -0.15) is 0 Å². The quantitative estimate of drug-likeness (QED) is 0.668. The van der Waals surface area contributed by atoms with Crippen LogP contribution < -0.4 is 16.0 Å². The summed E-state index contributed by atoms with van der Waals surface area (Å²) in [7, 11) is 0. The van der Waals surface area contributed by atoms with Gasteiger partial charge in [0.05, 0.1) is 11.0 Å². The number of rotatable bonds is 5. The molecule has 1 aliphatic heterocycles. The van der Waals surface area contributed by atoms with Crippen molar-refractivity contribution in [1.29, 1.82) is 0 Å². The standard InChI is InChI=1S/C17H24N4O2.2ClH/c22-15(13-4-3-7-18-10-13)20-8-9-21-16(23)17-6-2-1-5-14(17)11-19-12-17;;/h3-4,7,10,14,19H,1-2,5-6,8-9,11-12H2,(H,20,22)(H,21,23);2*1H/t14-,17+;;/m0../s1. The molecule has 8 heteroatoms. The molecule has 1 saturated carbocycles. The van der Waals surface area contributed by atoms with E-state index in [1.54, 1.807) is 18.3 Å². The monoisotopic (exact) mass is 388 g/mol. The maximum absolute atomic E-state index is 12.6. The minimum absolute atomic E-state index is 0. The Morgan fingerprint density at radius 2 is 2.04 bits per heavy atom. The van der Waals surface area contributed by atoms with Crippen molar-refractivity contribution in [2.24, 2.45) is 11.3 Å². The van der Waals surface area contributed by atoms with E-state index in [-0.39, 0.29) is 42.0 Å². The highest BCUT2D eigenvalue weighted by molar-refractivity contribution is 5.93. The number of fused-ring (bicyclic) bond motifs is 1. The summed E-state index contributed by atoms with van der Waals surface area (Å²) in [5, 5.41) is 9.20. The number of hydrogen-bond acceptors (Lipinski definition) is 4. The summed E-state index contributed by atoms with van der Waals surface area (Å²) in [6.45, 7) is 2.61. The van der Waals surface area contributed by atoms with E-state index < -0.39 is 0 Å². The Bertz CT molecular complexity index is 573. The molecule has 0 bridgehead atoms. The molecule has 2 heterocycles. The van der Waals surface area contributed by atoms with Gasteiger partial charge in [-0.1, -0.05) is 12.8 Å². The Morgan fingerprint density at radius 3 is 2.80 bits per heavy atom. The minimum atomic E-state index is -0.231. The van der Waals surface area contributed by atoms with Crippen LogP contribution >= 0.6 is 24.8 Å². The first-order chi connectivity index (χ1) is 11.2. The second-order valence-electron chi connectivity index (χ2n) is 6.48. The predicted octanol–water partition coefficient (Wildman–Crippen LogP) is 1.55. The lowest BCUT2D eigenvalue weighted by molar-refractivity contribution is -0.133. The molecule has 1 saturated heterocycles. The molecule has 3 N–H and O–H groups in total. The predicted molar refractivity (Wildman–Crippen MR) is 101 cm³/mol. The first-order valence-electron chi connectivity index (χ1n) is 8.40. The molecule has 1 aromatic heterocycles. The molecule has 2 fully saturated rings. The van der Waals surface area contributed by atoms with Crippen LogP contribution in [0.15, 0.2) is 24.5 Å². The number of halogens is 2. The van der Waals surface area contributed by atoms with Crippen molar-refractivity contribution in [2.75, 3.05) is 26.2 Å². The van der Waals surface area contributed by atoms with Crippen LogP contribution in [0, 0.1) is 11.3 Å². The van der Waals surface area contributed by atoms with Gasteiger partial charge in [0.25, 0.3) is 5.91 Å². The minimum Gasteiger partial charge on any atom is -0.354 e. The van der Waals surface area contributed by atoms with Crippen molar-refractivity contribution in [3.05, 3.63) is 30.1 Å². The van der Waals surface area contributed by atoms with E-state index in [1.165, 1.54) is 12.6 Å². The number of pyridine rings is 1. The van der Waals surface area contributed by atoms with E-state index in [1.807, 2.05) is 0 Å². The first-order valence-corrected chi connectivity index (χ1v) is 8.40. The molecule has 2 aliphatic rings. The number of carbonyl (C=O) groups excluding carboxylic acids is 2. The van der Waals surface area contributed by atoms with Gasteiger partial charge in [0, 0.05) is 32.0 Å². The fraction of sp³-hybridized carbons (Fsp3) is 0.588. The summed E-state index contributed by atoms with van der Waals surface area (Å²) in [6, 6.07) is 3.45. The molecule has 2 amide bonds. The molecule has 140 valence electrons. The SMILES string of the molecule is Cl.Cl.O=C(NCCNC(=O)[C@@]12CCCC[C@H]1CNC2)c1cccnc1. The molecule has 3 rings (SSSR count). The van der Waals surface area contributed by atoms with E-state index in [4.69, 9.17) is 0 Å². The Labute approximate surface area is 160 Å². The van der Waals surface area contributed by atoms with Crippen LogP contribution in [0.4, 0.5) is 0 Å². The summed E-state index contributed by atoms with van der Waals surface area (Å²) in [6.07, 6.45) is 7.62. The average molecular weight is 389 g/mol. The van der Waals surface area contributed by atoms with E-state index >= 15 is 0 Å². The van der Waals surface area contributed by atoms with Crippen LogP contribution in [0.25, 0.3) is 0 Å². The van der Waals surface area contributed by atoms with Crippen LogP contribution in [0.2, 0.25) is 0 Å². The molecule has 6 nitrogen and oxygen atoms in total. The summed E-state index contributed by atoms with van der Waals surface area (Å²) in [5.74, 6) is 0.438. The number of nitrogens with one attached hydrogen (secondary N) is 3. The van der Waals surface area contributed by atoms with Crippen molar-refractivity contribution in [2.45, 2.75) is 25.7 Å². The highest BCUT2D eigenvalue weighted by Gasteiger charge is 2.49. The third kappa shape index (κ3) is 4.84. The Hall–Kier alpha value is -1.37. The zero-order valence-electron chi connectivity index (χ0n) is 14.1. The maximum atomic E-state index is 12.6. The fourth-order valence-electron chi connectivity index (χ4n) is 3.82. The molecule has 25 heavy (non-hydrogen) atoms. The summed E-state index contributed by atoms with van der Waals surface area (Å²) >= 11 is 0. The maximum Gasteiger partial charge on any atom is 0.252 e. The van der Waals surface area contributed by atoms with Crippen molar-refractivity contribution < 1.29 is 9.59 Å². The zero-order valence-corrected chi connectivity index (χ0v) is 15.8. The lowest BCUT2D eigenvalue weighted by Crippen LogP contribution is -2.49. The second kappa shape index (κ2) is 9.94. The van der Waals surface area contributed by atoms with Crippen molar-refractivity contribution in [1.82, 2.24) is 20.9 Å². The molecule has 0 unspecified atom stereocenters. The number of carbonyl (C=O) groups is 2. The number of amides is 2. The molecule has 1 aliphatic carbocycles. The topological polar surface area (TPSA) is 83.1 Å². The third-order valence-electron chi connectivity index (χ3n) is 5.11. The molecular weight excluding hydrogens is 363 g/mol. The lowest BCUT2D eigenvalue weighted by atomic mass is 9.67. The van der Waals surface area contributed by atoms with Crippen LogP contribution in [0.3, 0.4) is 0 Å². The average Bonchev–Trinajstić information content (AvgIpc) is 3.04. The van der Waals surface area contributed by atoms with E-state index in [2.05, 4.69) is 20.9 Å².